The van der Waals surface area contributed by atoms with E-state index in [2.05, 4.69) is 36.1 Å². The van der Waals surface area contributed by atoms with Crippen molar-refractivity contribution in [3.63, 3.8) is 0 Å². The summed E-state index contributed by atoms with van der Waals surface area (Å²) in [6, 6.07) is 0.0835. The van der Waals surface area contributed by atoms with Crippen LogP contribution >= 0.6 is 0 Å². The minimum atomic E-state index is -0.421. The lowest BCUT2D eigenvalue weighted by Gasteiger charge is -2.35. The fourth-order valence-electron chi connectivity index (χ4n) is 1.89. The molecule has 1 aromatic rings. The average molecular weight is 281 g/mol. The third-order valence-corrected chi connectivity index (χ3v) is 3.61. The Kier molecular flexibility index (Phi) is 4.52. The minimum Gasteiger partial charge on any atom is -0.357 e. The molecule has 0 aliphatic rings. The second-order valence-corrected chi connectivity index (χ2v) is 5.96. The number of hydrogen-bond acceptors (Lipinski definition) is 6. The molecule has 7 nitrogen and oxygen atoms in total. The Labute approximate surface area is 119 Å². The summed E-state index contributed by atoms with van der Waals surface area (Å²) in [6.45, 7) is 9.92. The van der Waals surface area contributed by atoms with Crippen LogP contribution in [0.1, 0.15) is 33.4 Å². The van der Waals surface area contributed by atoms with Crippen LogP contribution in [0.15, 0.2) is 0 Å². The quantitative estimate of drug-likeness (QED) is 0.674. The topological polar surface area (TPSA) is 84.2 Å². The smallest absolute Gasteiger partial charge is 0.332 e. The Morgan fingerprint density at radius 3 is 2.30 bits per heavy atom. The third-order valence-electron chi connectivity index (χ3n) is 3.61. The van der Waals surface area contributed by atoms with E-state index in [-0.39, 0.29) is 17.1 Å². The third kappa shape index (κ3) is 3.15. The molecule has 0 aromatic carbocycles. The molecule has 1 heterocycles. The fourth-order valence-corrected chi connectivity index (χ4v) is 1.89. The van der Waals surface area contributed by atoms with Gasteiger partial charge in [-0.2, -0.15) is 4.98 Å². The number of aryl methyl sites for hydroxylation is 1. The van der Waals surface area contributed by atoms with Gasteiger partial charge >= 0.3 is 5.69 Å². The average Bonchev–Trinajstić information content (AvgIpc) is 2.34. The van der Waals surface area contributed by atoms with Gasteiger partial charge in [0.05, 0.1) is 4.92 Å². The molecule has 7 heteroatoms. The van der Waals surface area contributed by atoms with Crippen molar-refractivity contribution in [3.8, 4) is 0 Å². The molecule has 0 fully saturated rings. The summed E-state index contributed by atoms with van der Waals surface area (Å²) in [5, 5.41) is 14.1. The van der Waals surface area contributed by atoms with E-state index in [0.717, 1.165) is 0 Å². The predicted octanol–water partition coefficient (Wildman–Crippen LogP) is 2.61. The molecule has 1 atom stereocenters. The van der Waals surface area contributed by atoms with Gasteiger partial charge in [0.15, 0.2) is 0 Å². The highest BCUT2D eigenvalue weighted by atomic mass is 16.6. The molecular weight excluding hydrogens is 258 g/mol. The van der Waals surface area contributed by atoms with Gasteiger partial charge in [-0.15, -0.1) is 0 Å². The Hall–Kier alpha value is -1.92. The zero-order valence-corrected chi connectivity index (χ0v) is 13.2. The Morgan fingerprint density at radius 1 is 1.35 bits per heavy atom. The van der Waals surface area contributed by atoms with Crippen molar-refractivity contribution < 1.29 is 4.92 Å². The molecular formula is C13H23N5O2. The largest absolute Gasteiger partial charge is 0.357 e. The van der Waals surface area contributed by atoms with Crippen LogP contribution in [0.4, 0.5) is 17.5 Å². The lowest BCUT2D eigenvalue weighted by molar-refractivity contribution is -0.385. The molecule has 0 radical (unpaired) electrons. The summed E-state index contributed by atoms with van der Waals surface area (Å²) in [7, 11) is 3.52. The number of nitro groups is 1. The summed E-state index contributed by atoms with van der Waals surface area (Å²) < 4.78 is 0. The SMILES string of the molecule is CNc1nc(C)c([N+](=O)[O-])c(N(C)C(C)C(C)(C)C)n1. The van der Waals surface area contributed by atoms with Gasteiger partial charge in [0.25, 0.3) is 0 Å². The minimum absolute atomic E-state index is 0.0265. The van der Waals surface area contributed by atoms with Crippen LogP contribution < -0.4 is 10.2 Å². The lowest BCUT2D eigenvalue weighted by atomic mass is 9.87. The molecule has 0 saturated carbocycles. The van der Waals surface area contributed by atoms with Gasteiger partial charge in [-0.05, 0) is 19.3 Å². The van der Waals surface area contributed by atoms with Gasteiger partial charge < -0.3 is 10.2 Å². The van der Waals surface area contributed by atoms with E-state index in [9.17, 15) is 10.1 Å². The van der Waals surface area contributed by atoms with Crippen LogP contribution in [0.3, 0.4) is 0 Å². The van der Waals surface area contributed by atoms with Crippen molar-refractivity contribution in [2.24, 2.45) is 5.41 Å². The highest BCUT2D eigenvalue weighted by molar-refractivity contribution is 5.62. The van der Waals surface area contributed by atoms with Crippen LogP contribution in [0, 0.1) is 22.5 Å². The maximum absolute atomic E-state index is 11.3. The first kappa shape index (κ1) is 16.1. The molecule has 0 saturated heterocycles. The van der Waals surface area contributed by atoms with Crippen LogP contribution in [0.5, 0.6) is 0 Å². The van der Waals surface area contributed by atoms with Gasteiger partial charge in [0, 0.05) is 20.1 Å². The van der Waals surface area contributed by atoms with Crippen molar-refractivity contribution in [1.82, 2.24) is 9.97 Å². The number of anilines is 2. The first-order valence-electron chi connectivity index (χ1n) is 6.53. The number of rotatable bonds is 4. The monoisotopic (exact) mass is 281 g/mol. The van der Waals surface area contributed by atoms with E-state index >= 15 is 0 Å². The Balaban J connectivity index is 3.41. The van der Waals surface area contributed by atoms with Crippen molar-refractivity contribution in [3.05, 3.63) is 15.8 Å². The molecule has 0 aliphatic heterocycles. The zero-order chi connectivity index (χ0) is 15.7. The summed E-state index contributed by atoms with van der Waals surface area (Å²) in [4.78, 5) is 21.1. The molecule has 0 aliphatic carbocycles. The molecule has 1 rings (SSSR count). The first-order chi connectivity index (χ1) is 9.09. The van der Waals surface area contributed by atoms with E-state index in [4.69, 9.17) is 0 Å². The lowest BCUT2D eigenvalue weighted by Crippen LogP contribution is -2.40. The van der Waals surface area contributed by atoms with E-state index < -0.39 is 4.92 Å². The number of nitrogens with zero attached hydrogens (tertiary/aromatic N) is 4. The highest BCUT2D eigenvalue weighted by Gasteiger charge is 2.31. The highest BCUT2D eigenvalue weighted by Crippen LogP contribution is 2.33. The van der Waals surface area contributed by atoms with Crippen LogP contribution in [-0.2, 0) is 0 Å². The van der Waals surface area contributed by atoms with E-state index in [0.29, 0.717) is 17.5 Å². The molecule has 112 valence electrons. The summed E-state index contributed by atoms with van der Waals surface area (Å²) in [5.74, 6) is 0.727. The number of nitrogens with one attached hydrogen (secondary N) is 1. The summed E-state index contributed by atoms with van der Waals surface area (Å²) >= 11 is 0. The molecule has 1 N–H and O–H groups in total. The maximum Gasteiger partial charge on any atom is 0.332 e. The van der Waals surface area contributed by atoms with E-state index in [1.165, 1.54) is 0 Å². The van der Waals surface area contributed by atoms with E-state index in [1.807, 2.05) is 18.9 Å². The normalized spacial score (nSPS) is 12.9. The van der Waals surface area contributed by atoms with E-state index in [1.54, 1.807) is 14.0 Å². The maximum atomic E-state index is 11.3. The number of aromatic nitrogens is 2. The van der Waals surface area contributed by atoms with Crippen molar-refractivity contribution in [2.75, 3.05) is 24.3 Å². The van der Waals surface area contributed by atoms with Crippen LogP contribution in [-0.4, -0.2) is 35.0 Å². The first-order valence-corrected chi connectivity index (χ1v) is 6.53. The molecule has 0 spiro atoms. The standard InChI is InChI=1S/C13H23N5O2/c1-8-10(18(19)20)11(16-12(14-6)15-8)17(7)9(2)13(3,4)5/h9H,1-7H3,(H,14,15,16). The zero-order valence-electron chi connectivity index (χ0n) is 13.2. The van der Waals surface area contributed by atoms with Crippen LogP contribution in [0.25, 0.3) is 0 Å². The summed E-state index contributed by atoms with van der Waals surface area (Å²) in [6.07, 6.45) is 0. The molecule has 1 aromatic heterocycles. The molecule has 20 heavy (non-hydrogen) atoms. The van der Waals surface area contributed by atoms with Crippen molar-refractivity contribution in [1.29, 1.82) is 0 Å². The summed E-state index contributed by atoms with van der Waals surface area (Å²) in [5.41, 5.74) is 0.293. The molecule has 0 bridgehead atoms. The van der Waals surface area contributed by atoms with Crippen molar-refractivity contribution in [2.45, 2.75) is 40.7 Å². The van der Waals surface area contributed by atoms with Crippen molar-refractivity contribution >= 4 is 17.5 Å². The van der Waals surface area contributed by atoms with Gasteiger partial charge in [0.2, 0.25) is 11.8 Å². The Bertz CT molecular complexity index is 510. The van der Waals surface area contributed by atoms with Gasteiger partial charge in [-0.3, -0.25) is 10.1 Å². The van der Waals surface area contributed by atoms with Gasteiger partial charge in [-0.1, -0.05) is 20.8 Å². The van der Waals surface area contributed by atoms with Gasteiger partial charge in [0.1, 0.15) is 5.69 Å². The van der Waals surface area contributed by atoms with Gasteiger partial charge in [-0.25, -0.2) is 4.98 Å². The molecule has 0 amide bonds. The van der Waals surface area contributed by atoms with Crippen LogP contribution in [0.2, 0.25) is 0 Å². The fraction of sp³-hybridized carbons (Fsp3) is 0.692. The Morgan fingerprint density at radius 2 is 1.90 bits per heavy atom. The second kappa shape index (κ2) is 5.60. The predicted molar refractivity (Wildman–Crippen MR) is 80.3 cm³/mol. The second-order valence-electron chi connectivity index (χ2n) is 5.96. The molecule has 1 unspecified atom stereocenters. The number of hydrogen-bond donors (Lipinski definition) is 1.